The SMILES string of the molecule is Cc1oc2c(O)c(O)ccc2c(=O)c1-c1ccc2c(c1)OCO2. The summed E-state index contributed by atoms with van der Waals surface area (Å²) in [5, 5.41) is 19.6. The van der Waals surface area contributed by atoms with Crippen molar-refractivity contribution in [2.75, 3.05) is 6.79 Å². The molecule has 6 nitrogen and oxygen atoms in total. The molecule has 0 fully saturated rings. The lowest BCUT2D eigenvalue weighted by molar-refractivity contribution is 0.174. The van der Waals surface area contributed by atoms with Crippen LogP contribution in [-0.2, 0) is 0 Å². The molecule has 0 bridgehead atoms. The average molecular weight is 312 g/mol. The molecular formula is C17H12O6. The van der Waals surface area contributed by atoms with Gasteiger partial charge in [-0.1, -0.05) is 6.07 Å². The minimum absolute atomic E-state index is 0.0306. The van der Waals surface area contributed by atoms with Crippen molar-refractivity contribution in [3.05, 3.63) is 46.3 Å². The number of benzene rings is 2. The number of fused-ring (bicyclic) bond motifs is 2. The van der Waals surface area contributed by atoms with Gasteiger partial charge in [-0.2, -0.15) is 0 Å². The highest BCUT2D eigenvalue weighted by atomic mass is 16.7. The molecule has 1 aliphatic heterocycles. The quantitative estimate of drug-likeness (QED) is 0.672. The Morgan fingerprint density at radius 1 is 1.04 bits per heavy atom. The lowest BCUT2D eigenvalue weighted by Gasteiger charge is -2.09. The van der Waals surface area contributed by atoms with E-state index >= 15 is 0 Å². The molecule has 2 heterocycles. The van der Waals surface area contributed by atoms with Gasteiger partial charge >= 0.3 is 0 Å². The predicted octanol–water partition coefficient (Wildman–Crippen LogP) is 2.91. The van der Waals surface area contributed by atoms with Crippen molar-refractivity contribution in [1.29, 1.82) is 0 Å². The van der Waals surface area contributed by atoms with Crippen LogP contribution >= 0.6 is 0 Å². The summed E-state index contributed by atoms with van der Waals surface area (Å²) in [5.41, 5.74) is 0.686. The van der Waals surface area contributed by atoms with E-state index in [1.807, 2.05) is 0 Å². The van der Waals surface area contributed by atoms with Crippen LogP contribution in [0.1, 0.15) is 5.76 Å². The van der Waals surface area contributed by atoms with Crippen molar-refractivity contribution in [2.45, 2.75) is 6.92 Å². The van der Waals surface area contributed by atoms with Crippen LogP contribution in [0.5, 0.6) is 23.0 Å². The van der Waals surface area contributed by atoms with E-state index < -0.39 is 5.75 Å². The number of aryl methyl sites for hydroxylation is 1. The molecule has 0 aliphatic carbocycles. The highest BCUT2D eigenvalue weighted by Crippen LogP contribution is 2.38. The number of phenols is 2. The van der Waals surface area contributed by atoms with Gasteiger partial charge in [0.15, 0.2) is 22.8 Å². The van der Waals surface area contributed by atoms with Crippen LogP contribution in [0.25, 0.3) is 22.1 Å². The molecule has 0 atom stereocenters. The van der Waals surface area contributed by atoms with Crippen LogP contribution < -0.4 is 14.9 Å². The van der Waals surface area contributed by atoms with Gasteiger partial charge in [0.2, 0.25) is 18.0 Å². The Kier molecular flexibility index (Phi) is 2.74. The summed E-state index contributed by atoms with van der Waals surface area (Å²) >= 11 is 0. The standard InChI is InChI=1S/C17H12O6/c1-8-14(9-2-5-12-13(6-9)22-7-21-12)15(19)10-3-4-11(18)16(20)17(10)23-8/h2-6,18,20H,7H2,1H3. The first-order valence-electron chi connectivity index (χ1n) is 6.94. The number of hydrogen-bond donors (Lipinski definition) is 2. The van der Waals surface area contributed by atoms with E-state index in [9.17, 15) is 15.0 Å². The van der Waals surface area contributed by atoms with Gasteiger partial charge in [-0.15, -0.1) is 0 Å². The Labute approximate surface area is 130 Å². The highest BCUT2D eigenvalue weighted by Gasteiger charge is 2.20. The molecular weight excluding hydrogens is 300 g/mol. The van der Waals surface area contributed by atoms with Gasteiger partial charge in [0.1, 0.15) is 5.76 Å². The highest BCUT2D eigenvalue weighted by molar-refractivity contribution is 5.88. The monoisotopic (exact) mass is 312 g/mol. The largest absolute Gasteiger partial charge is 0.504 e. The molecule has 0 spiro atoms. The summed E-state index contributed by atoms with van der Waals surface area (Å²) in [6.45, 7) is 1.78. The van der Waals surface area contributed by atoms with Crippen molar-refractivity contribution >= 4 is 11.0 Å². The average Bonchev–Trinajstić information content (AvgIpc) is 2.99. The molecule has 23 heavy (non-hydrogen) atoms. The Hall–Kier alpha value is -3.15. The molecule has 0 saturated carbocycles. The zero-order valence-electron chi connectivity index (χ0n) is 12.1. The first kappa shape index (κ1) is 13.5. The second kappa shape index (κ2) is 4.67. The van der Waals surface area contributed by atoms with E-state index in [0.717, 1.165) is 0 Å². The summed E-state index contributed by atoms with van der Waals surface area (Å²) in [5.74, 6) is 0.743. The molecule has 6 heteroatoms. The van der Waals surface area contributed by atoms with Crippen molar-refractivity contribution < 1.29 is 24.1 Å². The summed E-state index contributed by atoms with van der Waals surface area (Å²) in [6, 6.07) is 7.88. The van der Waals surface area contributed by atoms with Crippen molar-refractivity contribution in [2.24, 2.45) is 0 Å². The maximum atomic E-state index is 12.8. The van der Waals surface area contributed by atoms with Crippen molar-refractivity contribution in [3.63, 3.8) is 0 Å². The maximum Gasteiger partial charge on any atom is 0.231 e. The lowest BCUT2D eigenvalue weighted by atomic mass is 10.0. The zero-order valence-corrected chi connectivity index (χ0v) is 12.1. The van der Waals surface area contributed by atoms with E-state index in [-0.39, 0.29) is 28.9 Å². The van der Waals surface area contributed by atoms with Gasteiger partial charge in [0, 0.05) is 0 Å². The molecule has 116 valence electrons. The Balaban J connectivity index is 2.01. The summed E-state index contributed by atoms with van der Waals surface area (Å²) < 4.78 is 16.2. The summed E-state index contributed by atoms with van der Waals surface area (Å²) in [6.07, 6.45) is 0. The van der Waals surface area contributed by atoms with Crippen LogP contribution in [0.15, 0.2) is 39.5 Å². The molecule has 0 unspecified atom stereocenters. The van der Waals surface area contributed by atoms with E-state index in [2.05, 4.69) is 0 Å². The van der Waals surface area contributed by atoms with Crippen LogP contribution in [0, 0.1) is 6.92 Å². The van der Waals surface area contributed by atoms with E-state index in [1.165, 1.54) is 12.1 Å². The van der Waals surface area contributed by atoms with Gasteiger partial charge in [-0.25, -0.2) is 0 Å². The Morgan fingerprint density at radius 3 is 2.65 bits per heavy atom. The minimum atomic E-state index is -0.445. The second-order valence-electron chi connectivity index (χ2n) is 5.24. The van der Waals surface area contributed by atoms with E-state index in [0.29, 0.717) is 28.4 Å². The normalized spacial score (nSPS) is 12.7. The van der Waals surface area contributed by atoms with E-state index in [1.54, 1.807) is 25.1 Å². The van der Waals surface area contributed by atoms with Gasteiger partial charge in [-0.3, -0.25) is 4.79 Å². The van der Waals surface area contributed by atoms with Gasteiger partial charge in [0.05, 0.1) is 10.9 Å². The molecule has 0 amide bonds. The van der Waals surface area contributed by atoms with Crippen molar-refractivity contribution in [3.8, 4) is 34.1 Å². The third-order valence-corrected chi connectivity index (χ3v) is 3.85. The first-order valence-corrected chi connectivity index (χ1v) is 6.94. The van der Waals surface area contributed by atoms with Crippen LogP contribution in [0.2, 0.25) is 0 Å². The fraction of sp³-hybridized carbons (Fsp3) is 0.118. The molecule has 1 aliphatic rings. The maximum absolute atomic E-state index is 12.8. The first-order chi connectivity index (χ1) is 11.1. The summed E-state index contributed by atoms with van der Waals surface area (Å²) in [4.78, 5) is 12.8. The number of ether oxygens (including phenoxy) is 2. The zero-order chi connectivity index (χ0) is 16.1. The number of aromatic hydroxyl groups is 2. The number of hydrogen-bond acceptors (Lipinski definition) is 6. The number of rotatable bonds is 1. The molecule has 0 radical (unpaired) electrons. The van der Waals surface area contributed by atoms with Crippen LogP contribution in [0.4, 0.5) is 0 Å². The fourth-order valence-corrected chi connectivity index (χ4v) is 2.73. The topological polar surface area (TPSA) is 89.1 Å². The van der Waals surface area contributed by atoms with Crippen molar-refractivity contribution in [1.82, 2.24) is 0 Å². The Morgan fingerprint density at radius 2 is 1.83 bits per heavy atom. The van der Waals surface area contributed by atoms with Gasteiger partial charge in [0.25, 0.3) is 0 Å². The smallest absolute Gasteiger partial charge is 0.231 e. The predicted molar refractivity (Wildman–Crippen MR) is 82.1 cm³/mol. The van der Waals surface area contributed by atoms with Gasteiger partial charge < -0.3 is 24.1 Å². The lowest BCUT2D eigenvalue weighted by Crippen LogP contribution is -2.07. The van der Waals surface area contributed by atoms with Gasteiger partial charge in [-0.05, 0) is 36.8 Å². The molecule has 4 rings (SSSR count). The number of phenolic OH excluding ortho intramolecular Hbond substituents is 2. The molecule has 2 N–H and O–H groups in total. The van der Waals surface area contributed by atoms with Crippen LogP contribution in [-0.4, -0.2) is 17.0 Å². The third-order valence-electron chi connectivity index (χ3n) is 3.85. The summed E-state index contributed by atoms with van der Waals surface area (Å²) in [7, 11) is 0. The second-order valence-corrected chi connectivity index (χ2v) is 5.24. The fourth-order valence-electron chi connectivity index (χ4n) is 2.73. The molecule has 3 aromatic rings. The molecule has 2 aromatic carbocycles. The van der Waals surface area contributed by atoms with Crippen LogP contribution in [0.3, 0.4) is 0 Å². The minimum Gasteiger partial charge on any atom is -0.504 e. The Bertz CT molecular complexity index is 1000. The van der Waals surface area contributed by atoms with E-state index in [4.69, 9.17) is 13.9 Å². The molecule has 1 aromatic heterocycles. The third kappa shape index (κ3) is 1.92. The molecule has 0 saturated heterocycles.